The summed E-state index contributed by atoms with van der Waals surface area (Å²) < 4.78 is 17.3. The van der Waals surface area contributed by atoms with Gasteiger partial charge in [0.25, 0.3) is 5.91 Å². The lowest BCUT2D eigenvalue weighted by molar-refractivity contribution is 0.102. The van der Waals surface area contributed by atoms with E-state index in [2.05, 4.69) is 12.2 Å². The van der Waals surface area contributed by atoms with Crippen molar-refractivity contribution in [2.75, 3.05) is 11.9 Å². The van der Waals surface area contributed by atoms with E-state index in [0.717, 1.165) is 29.9 Å². The average Bonchev–Trinajstić information content (AvgIpc) is 2.88. The lowest BCUT2D eigenvalue weighted by Gasteiger charge is -2.12. The van der Waals surface area contributed by atoms with E-state index in [0.29, 0.717) is 16.8 Å². The van der Waals surface area contributed by atoms with Gasteiger partial charge in [0.2, 0.25) is 0 Å². The van der Waals surface area contributed by atoms with Crippen LogP contribution >= 0.6 is 7.60 Å². The van der Waals surface area contributed by atoms with Crippen LogP contribution in [0.1, 0.15) is 74.2 Å². The summed E-state index contributed by atoms with van der Waals surface area (Å²) in [5, 5.41) is 2.76. The molecule has 3 N–H and O–H groups in total. The second-order valence-electron chi connectivity index (χ2n) is 9.36. The molecule has 0 fully saturated rings. The maximum Gasteiger partial charge on any atom is 0.329 e. The van der Waals surface area contributed by atoms with Crippen molar-refractivity contribution in [3.05, 3.63) is 83.9 Å². The normalized spacial score (nSPS) is 11.3. The van der Waals surface area contributed by atoms with Crippen LogP contribution in [0.15, 0.2) is 72.8 Å². The molecule has 0 radical (unpaired) electrons. The van der Waals surface area contributed by atoms with Gasteiger partial charge in [-0.25, -0.2) is 0 Å². The molecule has 6 nitrogen and oxygen atoms in total. The molecule has 3 rings (SSSR count). The Hall–Kier alpha value is -2.92. The van der Waals surface area contributed by atoms with E-state index < -0.39 is 13.8 Å². The highest BCUT2D eigenvalue weighted by atomic mass is 31.2. The highest BCUT2D eigenvalue weighted by Gasteiger charge is 2.17. The molecule has 0 bridgehead atoms. The molecular weight excluding hydrogens is 485 g/mol. The molecule has 0 spiro atoms. The molecule has 3 aromatic rings. The molecular formula is C30H38NO5P. The zero-order valence-corrected chi connectivity index (χ0v) is 22.5. The first kappa shape index (κ1) is 28.6. The molecule has 37 heavy (non-hydrogen) atoms. The first-order chi connectivity index (χ1) is 17.9. The Morgan fingerprint density at radius 1 is 0.784 bits per heavy atom. The van der Waals surface area contributed by atoms with Gasteiger partial charge in [0.15, 0.2) is 0 Å². The molecule has 0 saturated heterocycles. The zero-order valence-electron chi connectivity index (χ0n) is 21.6. The monoisotopic (exact) mass is 523 g/mol. The Morgan fingerprint density at radius 3 is 1.97 bits per heavy atom. The van der Waals surface area contributed by atoms with Crippen LogP contribution in [0.25, 0.3) is 11.1 Å². The Bertz CT molecular complexity index is 1160. The number of hydrogen-bond acceptors (Lipinski definition) is 3. The van der Waals surface area contributed by atoms with Crippen LogP contribution in [0.3, 0.4) is 0 Å². The summed E-state index contributed by atoms with van der Waals surface area (Å²) in [5.74, 6) is 0.520. The Kier molecular flexibility index (Phi) is 11.4. The first-order valence-electron chi connectivity index (χ1n) is 13.1. The van der Waals surface area contributed by atoms with Crippen molar-refractivity contribution in [1.29, 1.82) is 0 Å². The van der Waals surface area contributed by atoms with Crippen LogP contribution in [0, 0.1) is 0 Å². The molecule has 0 aliphatic carbocycles. The molecule has 0 saturated carbocycles. The predicted molar refractivity (Wildman–Crippen MR) is 150 cm³/mol. The number of unbranched alkanes of at least 4 members (excludes halogenated alkanes) is 7. The number of hydrogen-bond donors (Lipinski definition) is 3. The smallest absolute Gasteiger partial charge is 0.329 e. The summed E-state index contributed by atoms with van der Waals surface area (Å²) >= 11 is 0. The van der Waals surface area contributed by atoms with Gasteiger partial charge in [-0.2, -0.15) is 0 Å². The summed E-state index contributed by atoms with van der Waals surface area (Å²) in [6.45, 7) is 2.97. The van der Waals surface area contributed by atoms with Crippen molar-refractivity contribution in [1.82, 2.24) is 0 Å². The third-order valence-corrected chi connectivity index (χ3v) is 7.00. The topological polar surface area (TPSA) is 95.9 Å². The molecule has 0 unspecified atom stereocenters. The fourth-order valence-electron chi connectivity index (χ4n) is 4.18. The second kappa shape index (κ2) is 14.7. The summed E-state index contributed by atoms with van der Waals surface area (Å²) in [6, 6.07) is 21.8. The average molecular weight is 524 g/mol. The SMILES string of the molecule is CCCCCCCCCCOc1ccc(-c2ccc(C(=O)Nc3ccccc3CP(=O)(O)O)cc2)cc1. The van der Waals surface area contributed by atoms with Gasteiger partial charge in [0, 0.05) is 11.3 Å². The van der Waals surface area contributed by atoms with Gasteiger partial charge in [-0.3, -0.25) is 9.36 Å². The maximum absolute atomic E-state index is 12.7. The first-order valence-corrected chi connectivity index (χ1v) is 14.9. The van der Waals surface area contributed by atoms with Crippen LogP contribution < -0.4 is 10.1 Å². The highest BCUT2D eigenvalue weighted by molar-refractivity contribution is 7.50. The van der Waals surface area contributed by atoms with Crippen molar-refractivity contribution < 1.29 is 23.9 Å². The van der Waals surface area contributed by atoms with Gasteiger partial charge < -0.3 is 19.8 Å². The number of nitrogens with one attached hydrogen (secondary N) is 1. The lowest BCUT2D eigenvalue weighted by atomic mass is 10.0. The third kappa shape index (κ3) is 10.2. The fraction of sp³-hybridized carbons (Fsp3) is 0.367. The van der Waals surface area contributed by atoms with Crippen molar-refractivity contribution in [2.45, 2.75) is 64.5 Å². The predicted octanol–water partition coefficient (Wildman–Crippen LogP) is 7.80. The highest BCUT2D eigenvalue weighted by Crippen LogP contribution is 2.41. The molecule has 198 valence electrons. The standard InChI is InChI=1S/C30H38NO5P/c1-2-3-4-5-6-7-8-11-22-36-28-20-18-25(19-21-28)24-14-16-26(17-15-24)30(32)31-29-13-10-9-12-27(29)23-37(33,34)35/h9-10,12-21H,2-8,11,22-23H2,1H3,(H,31,32)(H2,33,34,35). The minimum atomic E-state index is -4.25. The fourth-order valence-corrected chi connectivity index (χ4v) is 4.90. The van der Waals surface area contributed by atoms with Crippen molar-refractivity contribution in [3.63, 3.8) is 0 Å². The third-order valence-electron chi connectivity index (χ3n) is 6.24. The molecule has 7 heteroatoms. The van der Waals surface area contributed by atoms with Gasteiger partial charge in [0.1, 0.15) is 5.75 Å². The number of anilines is 1. The van der Waals surface area contributed by atoms with Crippen molar-refractivity contribution in [3.8, 4) is 16.9 Å². The van der Waals surface area contributed by atoms with E-state index in [1.54, 1.807) is 36.4 Å². The molecule has 0 aromatic heterocycles. The van der Waals surface area contributed by atoms with Crippen molar-refractivity contribution >= 4 is 19.2 Å². The number of rotatable bonds is 15. The molecule has 0 heterocycles. The van der Waals surface area contributed by atoms with Crippen LogP contribution in [-0.2, 0) is 10.7 Å². The van der Waals surface area contributed by atoms with E-state index in [1.807, 2.05) is 36.4 Å². The van der Waals surface area contributed by atoms with E-state index in [4.69, 9.17) is 4.74 Å². The van der Waals surface area contributed by atoms with E-state index >= 15 is 0 Å². The van der Waals surface area contributed by atoms with Gasteiger partial charge >= 0.3 is 7.60 Å². The number of benzene rings is 3. The minimum Gasteiger partial charge on any atom is -0.494 e. The molecule has 3 aromatic carbocycles. The van der Waals surface area contributed by atoms with E-state index in [-0.39, 0.29) is 5.91 Å². The zero-order chi connectivity index (χ0) is 26.5. The number of carbonyl (C=O) groups excluding carboxylic acids is 1. The summed E-state index contributed by atoms with van der Waals surface area (Å²) in [7, 11) is -4.25. The van der Waals surface area contributed by atoms with Gasteiger partial charge in [0.05, 0.1) is 12.8 Å². The largest absolute Gasteiger partial charge is 0.494 e. The van der Waals surface area contributed by atoms with Crippen LogP contribution in [0.4, 0.5) is 5.69 Å². The molecule has 0 aliphatic heterocycles. The quantitative estimate of drug-likeness (QED) is 0.139. The van der Waals surface area contributed by atoms with Crippen molar-refractivity contribution in [2.24, 2.45) is 0 Å². The summed E-state index contributed by atoms with van der Waals surface area (Å²) in [6.07, 6.45) is 9.77. The Morgan fingerprint density at radius 2 is 1.35 bits per heavy atom. The molecule has 0 aliphatic rings. The van der Waals surface area contributed by atoms with Crippen LogP contribution in [-0.4, -0.2) is 22.3 Å². The number of amides is 1. The Labute approximate surface area is 220 Å². The van der Waals surface area contributed by atoms with E-state index in [1.165, 1.54) is 44.9 Å². The van der Waals surface area contributed by atoms with Crippen LogP contribution in [0.5, 0.6) is 5.75 Å². The maximum atomic E-state index is 12.7. The summed E-state index contributed by atoms with van der Waals surface area (Å²) in [5.41, 5.74) is 3.25. The van der Waals surface area contributed by atoms with E-state index in [9.17, 15) is 19.1 Å². The molecule has 0 atom stereocenters. The second-order valence-corrected chi connectivity index (χ2v) is 11.0. The lowest BCUT2D eigenvalue weighted by Crippen LogP contribution is -2.13. The summed E-state index contributed by atoms with van der Waals surface area (Å²) in [4.78, 5) is 31.3. The number of carbonyl (C=O) groups is 1. The Balaban J connectivity index is 1.48. The minimum absolute atomic E-state index is 0.339. The number of ether oxygens (including phenoxy) is 1. The van der Waals surface area contributed by atoms with Crippen LogP contribution in [0.2, 0.25) is 0 Å². The molecule has 1 amide bonds. The van der Waals surface area contributed by atoms with Gasteiger partial charge in [-0.05, 0) is 53.4 Å². The number of para-hydroxylation sites is 1. The van der Waals surface area contributed by atoms with Gasteiger partial charge in [-0.15, -0.1) is 0 Å². The van der Waals surface area contributed by atoms with Gasteiger partial charge in [-0.1, -0.05) is 94.3 Å².